The van der Waals surface area contributed by atoms with E-state index in [1.54, 1.807) is 24.0 Å². The number of amides is 2. The molecule has 9 nitrogen and oxygen atoms in total. The number of hydrogen-bond acceptors (Lipinski definition) is 6. The predicted molar refractivity (Wildman–Crippen MR) is 131 cm³/mol. The molecule has 1 atom stereocenters. The fraction of sp³-hybridized carbons (Fsp3) is 0.400. The van der Waals surface area contributed by atoms with Crippen LogP contribution in [0.3, 0.4) is 0 Å². The summed E-state index contributed by atoms with van der Waals surface area (Å²) in [5, 5.41) is 27.7. The molecule has 2 aromatic rings. The average molecular weight is 483 g/mol. The molecular weight excluding hydrogens is 451 g/mol. The van der Waals surface area contributed by atoms with Crippen molar-refractivity contribution in [1.29, 1.82) is 10.8 Å². The topological polar surface area (TPSA) is 133 Å². The van der Waals surface area contributed by atoms with Gasteiger partial charge in [-0.2, -0.15) is 0 Å². The Morgan fingerprint density at radius 2 is 2.03 bits per heavy atom. The maximum Gasteiger partial charge on any atom is 0.259 e. The second-order valence-corrected chi connectivity index (χ2v) is 9.61. The number of nitrogens with zero attached hydrogens (tertiary/aromatic N) is 3. The van der Waals surface area contributed by atoms with E-state index in [4.69, 9.17) is 10.8 Å². The van der Waals surface area contributed by atoms with Crippen LogP contribution < -0.4 is 5.32 Å². The summed E-state index contributed by atoms with van der Waals surface area (Å²) in [6, 6.07) is 6.96. The Labute approximate surface area is 204 Å². The van der Waals surface area contributed by atoms with E-state index >= 15 is 0 Å². The van der Waals surface area contributed by atoms with Gasteiger partial charge in [-0.1, -0.05) is 26.8 Å². The fourth-order valence-corrected chi connectivity index (χ4v) is 3.85. The van der Waals surface area contributed by atoms with Crippen LogP contribution in [-0.2, 0) is 17.8 Å². The van der Waals surface area contributed by atoms with Gasteiger partial charge in [-0.25, -0.2) is 9.37 Å². The molecule has 1 aromatic heterocycles. The highest BCUT2D eigenvalue weighted by molar-refractivity contribution is 6.05. The molecule has 10 heteroatoms. The molecule has 0 aliphatic carbocycles. The summed E-state index contributed by atoms with van der Waals surface area (Å²) in [4.78, 5) is 32.8. The number of nitrogens with one attached hydrogen (secondary N) is 3. The Morgan fingerprint density at radius 1 is 1.31 bits per heavy atom. The Kier molecular flexibility index (Phi) is 7.64. The summed E-state index contributed by atoms with van der Waals surface area (Å²) >= 11 is 0. The number of fused-ring (bicyclic) bond motifs is 1. The van der Waals surface area contributed by atoms with Gasteiger partial charge >= 0.3 is 0 Å². The third kappa shape index (κ3) is 5.71. The molecule has 0 radical (unpaired) electrons. The van der Waals surface area contributed by atoms with Crippen molar-refractivity contribution in [2.45, 2.75) is 46.7 Å². The van der Waals surface area contributed by atoms with Crippen LogP contribution in [0.15, 0.2) is 30.3 Å². The zero-order chi connectivity index (χ0) is 25.9. The number of aliphatic hydroxyl groups excluding tert-OH is 1. The van der Waals surface area contributed by atoms with Gasteiger partial charge < -0.3 is 20.2 Å². The quantitative estimate of drug-likeness (QED) is 0.371. The Balaban J connectivity index is 1.81. The van der Waals surface area contributed by atoms with E-state index in [1.165, 1.54) is 23.1 Å². The molecular formula is C25H31FN6O3. The van der Waals surface area contributed by atoms with Crippen LogP contribution in [0.4, 0.5) is 10.2 Å². The number of pyridine rings is 1. The monoisotopic (exact) mass is 482 g/mol. The number of benzene rings is 1. The minimum atomic E-state index is -0.701. The summed E-state index contributed by atoms with van der Waals surface area (Å²) in [5.74, 6) is -1.38. The summed E-state index contributed by atoms with van der Waals surface area (Å²) < 4.78 is 14.8. The van der Waals surface area contributed by atoms with Gasteiger partial charge in [-0.15, -0.1) is 0 Å². The van der Waals surface area contributed by atoms with Gasteiger partial charge in [0.15, 0.2) is 5.84 Å². The average Bonchev–Trinajstić information content (AvgIpc) is 2.82. The van der Waals surface area contributed by atoms with E-state index in [0.29, 0.717) is 19.5 Å². The Morgan fingerprint density at radius 3 is 2.66 bits per heavy atom. The fourth-order valence-electron chi connectivity index (χ4n) is 3.85. The molecule has 1 aliphatic heterocycles. The van der Waals surface area contributed by atoms with Gasteiger partial charge in [0.2, 0.25) is 5.91 Å². The van der Waals surface area contributed by atoms with Crippen LogP contribution in [0.1, 0.15) is 54.9 Å². The van der Waals surface area contributed by atoms with Crippen molar-refractivity contribution in [2.24, 2.45) is 5.41 Å². The maximum absolute atomic E-state index is 14.8. The highest BCUT2D eigenvalue weighted by atomic mass is 19.1. The summed E-state index contributed by atoms with van der Waals surface area (Å²) in [6.45, 7) is 7.74. The first kappa shape index (κ1) is 26.0. The van der Waals surface area contributed by atoms with E-state index in [2.05, 4.69) is 10.3 Å². The lowest BCUT2D eigenvalue weighted by Gasteiger charge is -2.33. The summed E-state index contributed by atoms with van der Waals surface area (Å²) in [7, 11) is 0. The normalized spacial score (nSPS) is 14.1. The van der Waals surface area contributed by atoms with Gasteiger partial charge in [0.1, 0.15) is 17.3 Å². The molecule has 1 unspecified atom stereocenters. The minimum Gasteiger partial charge on any atom is -0.394 e. The second-order valence-electron chi connectivity index (χ2n) is 9.61. The number of aromatic nitrogens is 1. The van der Waals surface area contributed by atoms with Crippen LogP contribution in [0.2, 0.25) is 0 Å². The van der Waals surface area contributed by atoms with Gasteiger partial charge in [0, 0.05) is 18.5 Å². The van der Waals surface area contributed by atoms with Crippen LogP contribution in [-0.4, -0.2) is 63.1 Å². The lowest BCUT2D eigenvalue weighted by molar-refractivity contribution is -0.140. The van der Waals surface area contributed by atoms with Crippen molar-refractivity contribution in [3.05, 3.63) is 58.5 Å². The molecule has 0 saturated carbocycles. The summed E-state index contributed by atoms with van der Waals surface area (Å²) in [6.07, 6.45) is 1.43. The highest BCUT2D eigenvalue weighted by Crippen LogP contribution is 2.27. The number of aliphatic hydroxyl groups is 1. The first-order valence-corrected chi connectivity index (χ1v) is 11.3. The van der Waals surface area contributed by atoms with Crippen LogP contribution in [0, 0.1) is 22.1 Å². The molecule has 0 spiro atoms. The van der Waals surface area contributed by atoms with Crippen LogP contribution in [0.25, 0.3) is 0 Å². The smallest absolute Gasteiger partial charge is 0.259 e. The maximum atomic E-state index is 14.8. The highest BCUT2D eigenvalue weighted by Gasteiger charge is 2.30. The predicted octanol–water partition coefficient (Wildman–Crippen LogP) is 3.02. The van der Waals surface area contributed by atoms with Crippen molar-refractivity contribution in [1.82, 2.24) is 14.8 Å². The van der Waals surface area contributed by atoms with Crippen molar-refractivity contribution < 1.29 is 19.1 Å². The van der Waals surface area contributed by atoms with Crippen molar-refractivity contribution in [3.63, 3.8) is 0 Å². The number of rotatable bonds is 6. The third-order valence-corrected chi connectivity index (χ3v) is 5.84. The summed E-state index contributed by atoms with van der Waals surface area (Å²) in [5.41, 5.74) is 0.975. The molecule has 1 aliphatic rings. The number of halogens is 1. The van der Waals surface area contributed by atoms with Crippen molar-refractivity contribution in [2.75, 3.05) is 18.5 Å². The first-order chi connectivity index (χ1) is 16.5. The number of amidine groups is 1. The molecule has 0 fully saturated rings. The molecule has 0 saturated heterocycles. The zero-order valence-electron chi connectivity index (χ0n) is 20.4. The van der Waals surface area contributed by atoms with Crippen LogP contribution >= 0.6 is 0 Å². The molecule has 2 heterocycles. The Hall–Kier alpha value is -3.66. The number of carbonyl (C=O) groups excluding carboxylic acids is 2. The van der Waals surface area contributed by atoms with Crippen molar-refractivity contribution >= 4 is 29.8 Å². The third-order valence-electron chi connectivity index (χ3n) is 5.84. The van der Waals surface area contributed by atoms with E-state index < -0.39 is 23.2 Å². The standard InChI is InChI=1S/C25H31FN6O3/c1-15(13-33)32(14-27)22(28)20-6-5-7-21(29-20)30-23(34)18-10-17-12-31(24(35)25(2,3)4)9-8-16(17)11-19(18)26/h5-7,10-11,14-15,27-28,33H,8-9,12-13H2,1-4H3,(H,29,30,34). The van der Waals surface area contributed by atoms with E-state index in [-0.39, 0.29) is 35.4 Å². The molecule has 3 rings (SSSR count). The second kappa shape index (κ2) is 10.3. The van der Waals surface area contributed by atoms with Crippen molar-refractivity contribution in [3.8, 4) is 0 Å². The molecule has 0 bridgehead atoms. The van der Waals surface area contributed by atoms with E-state index in [0.717, 1.165) is 17.5 Å². The molecule has 35 heavy (non-hydrogen) atoms. The van der Waals surface area contributed by atoms with Crippen LogP contribution in [0.5, 0.6) is 0 Å². The molecule has 186 valence electrons. The number of carbonyl (C=O) groups is 2. The van der Waals surface area contributed by atoms with Gasteiger partial charge in [0.05, 0.1) is 24.6 Å². The molecule has 2 amide bonds. The van der Waals surface area contributed by atoms with Gasteiger partial charge in [0.25, 0.3) is 5.91 Å². The zero-order valence-corrected chi connectivity index (χ0v) is 20.4. The lowest BCUT2D eigenvalue weighted by Crippen LogP contribution is -2.42. The lowest BCUT2D eigenvalue weighted by atomic mass is 9.91. The van der Waals surface area contributed by atoms with Gasteiger partial charge in [-0.05, 0) is 48.7 Å². The van der Waals surface area contributed by atoms with E-state index in [9.17, 15) is 19.1 Å². The SMILES string of the molecule is CC(CO)N(C=N)C(=N)c1cccc(NC(=O)c2cc3c(cc2F)CCN(C(=O)C(C)(C)C)C3)n1. The van der Waals surface area contributed by atoms with Gasteiger partial charge in [-0.3, -0.25) is 20.4 Å². The minimum absolute atomic E-state index is 0.00331. The van der Waals surface area contributed by atoms with E-state index in [1.807, 2.05) is 20.8 Å². The number of anilines is 1. The number of hydrogen-bond donors (Lipinski definition) is 4. The Bertz CT molecular complexity index is 1160. The largest absolute Gasteiger partial charge is 0.394 e. The first-order valence-electron chi connectivity index (χ1n) is 11.3. The molecule has 4 N–H and O–H groups in total. The molecule has 1 aromatic carbocycles.